The van der Waals surface area contributed by atoms with Crippen molar-refractivity contribution in [3.63, 3.8) is 0 Å². The lowest BCUT2D eigenvalue weighted by Crippen LogP contribution is -2.48. The van der Waals surface area contributed by atoms with Crippen molar-refractivity contribution in [2.75, 3.05) is 25.4 Å². The fraction of sp³-hybridized carbons (Fsp3) is 0.409. The molecule has 2 aromatic rings. The number of likely N-dealkylation sites (tertiary alicyclic amines) is 1. The van der Waals surface area contributed by atoms with Crippen LogP contribution in [0.5, 0.6) is 0 Å². The maximum atomic E-state index is 13.0. The summed E-state index contributed by atoms with van der Waals surface area (Å²) in [6.45, 7) is 4.34. The SMILES string of the molecule is CCSc1ncccc1C(=O)N1CCC2(CC1)CN(Cc1ccccc1)C(=O)O2. The van der Waals surface area contributed by atoms with Crippen molar-refractivity contribution in [2.45, 2.75) is 36.9 Å². The van der Waals surface area contributed by atoms with Gasteiger partial charge in [0.15, 0.2) is 0 Å². The quantitative estimate of drug-likeness (QED) is 0.700. The molecule has 6 nitrogen and oxygen atoms in total. The normalized spacial score (nSPS) is 18.2. The van der Waals surface area contributed by atoms with Crippen LogP contribution < -0.4 is 0 Å². The molecule has 0 aliphatic carbocycles. The van der Waals surface area contributed by atoms with E-state index in [0.717, 1.165) is 16.3 Å². The van der Waals surface area contributed by atoms with Gasteiger partial charge >= 0.3 is 6.09 Å². The van der Waals surface area contributed by atoms with Crippen LogP contribution in [0, 0.1) is 0 Å². The second-order valence-corrected chi connectivity index (χ2v) is 8.73. The molecule has 1 spiro atoms. The predicted octanol–water partition coefficient (Wildman–Crippen LogP) is 3.82. The zero-order valence-corrected chi connectivity index (χ0v) is 17.4. The van der Waals surface area contributed by atoms with Gasteiger partial charge in [0.1, 0.15) is 10.6 Å². The summed E-state index contributed by atoms with van der Waals surface area (Å²) in [5, 5.41) is 0.779. The molecule has 3 heterocycles. The fourth-order valence-electron chi connectivity index (χ4n) is 3.97. The molecule has 2 aliphatic heterocycles. The van der Waals surface area contributed by atoms with Crippen LogP contribution in [0.1, 0.15) is 35.7 Å². The third-order valence-electron chi connectivity index (χ3n) is 5.50. The molecule has 1 aromatic carbocycles. The average molecular weight is 412 g/mol. The highest BCUT2D eigenvalue weighted by atomic mass is 32.2. The van der Waals surface area contributed by atoms with Crippen LogP contribution in [0.25, 0.3) is 0 Å². The lowest BCUT2D eigenvalue weighted by atomic mass is 9.91. The fourth-order valence-corrected chi connectivity index (χ4v) is 4.69. The second-order valence-electron chi connectivity index (χ2n) is 7.47. The molecule has 29 heavy (non-hydrogen) atoms. The highest BCUT2D eigenvalue weighted by Gasteiger charge is 2.47. The van der Waals surface area contributed by atoms with Crippen LogP contribution in [0.3, 0.4) is 0 Å². The minimum atomic E-state index is -0.488. The standard InChI is InChI=1S/C22H25N3O3S/c1-2-29-19-18(9-6-12-23-19)20(26)24-13-10-22(11-14-24)16-25(21(27)28-22)15-17-7-4-3-5-8-17/h3-9,12H,2,10-11,13-16H2,1H3. The third kappa shape index (κ3) is 4.24. The van der Waals surface area contributed by atoms with Crippen LogP contribution >= 0.6 is 11.8 Å². The van der Waals surface area contributed by atoms with Gasteiger partial charge in [-0.25, -0.2) is 9.78 Å². The Hall–Kier alpha value is -2.54. The Morgan fingerprint density at radius 3 is 2.66 bits per heavy atom. The zero-order valence-electron chi connectivity index (χ0n) is 16.5. The van der Waals surface area contributed by atoms with E-state index in [9.17, 15) is 9.59 Å². The summed E-state index contributed by atoms with van der Waals surface area (Å²) in [5.74, 6) is 0.877. The molecule has 4 rings (SSSR count). The first kappa shape index (κ1) is 19.8. The van der Waals surface area contributed by atoms with Crippen molar-refractivity contribution in [3.8, 4) is 0 Å². The Morgan fingerprint density at radius 1 is 1.17 bits per heavy atom. The highest BCUT2D eigenvalue weighted by Crippen LogP contribution is 2.34. The van der Waals surface area contributed by atoms with Crippen molar-refractivity contribution >= 4 is 23.8 Å². The Kier molecular flexibility index (Phi) is 5.76. The summed E-state index contributed by atoms with van der Waals surface area (Å²) < 4.78 is 5.80. The number of nitrogens with zero attached hydrogens (tertiary/aromatic N) is 3. The van der Waals surface area contributed by atoms with Gasteiger partial charge in [-0.2, -0.15) is 0 Å². The molecule has 1 aromatic heterocycles. The predicted molar refractivity (Wildman–Crippen MR) is 112 cm³/mol. The van der Waals surface area contributed by atoms with Gasteiger partial charge in [0.25, 0.3) is 5.91 Å². The van der Waals surface area contributed by atoms with E-state index in [1.807, 2.05) is 48.2 Å². The average Bonchev–Trinajstić information content (AvgIpc) is 3.04. The van der Waals surface area contributed by atoms with Crippen LogP contribution in [0.4, 0.5) is 4.79 Å². The van der Waals surface area contributed by atoms with E-state index in [1.165, 1.54) is 0 Å². The molecule has 2 fully saturated rings. The van der Waals surface area contributed by atoms with E-state index in [0.29, 0.717) is 44.6 Å². The Labute approximate surface area is 175 Å². The molecule has 2 saturated heterocycles. The third-order valence-corrected chi connectivity index (χ3v) is 6.39. The number of benzene rings is 1. The Morgan fingerprint density at radius 2 is 1.93 bits per heavy atom. The van der Waals surface area contributed by atoms with Crippen LogP contribution in [-0.4, -0.2) is 57.8 Å². The van der Waals surface area contributed by atoms with E-state index < -0.39 is 5.60 Å². The lowest BCUT2D eigenvalue weighted by molar-refractivity contribution is 0.00301. The molecule has 2 aliphatic rings. The second kappa shape index (κ2) is 8.45. The topological polar surface area (TPSA) is 62.7 Å². The first-order valence-electron chi connectivity index (χ1n) is 9.99. The van der Waals surface area contributed by atoms with Crippen molar-refractivity contribution in [1.82, 2.24) is 14.8 Å². The number of rotatable bonds is 5. The van der Waals surface area contributed by atoms with Crippen molar-refractivity contribution in [2.24, 2.45) is 0 Å². The van der Waals surface area contributed by atoms with Crippen molar-refractivity contribution in [1.29, 1.82) is 0 Å². The molecular weight excluding hydrogens is 386 g/mol. The number of carbonyl (C=O) groups excluding carboxylic acids is 2. The van der Waals surface area contributed by atoms with Gasteiger partial charge in [-0.15, -0.1) is 11.8 Å². The van der Waals surface area contributed by atoms with E-state index in [2.05, 4.69) is 4.98 Å². The molecule has 0 unspecified atom stereocenters. The van der Waals surface area contributed by atoms with Gasteiger partial charge < -0.3 is 9.64 Å². The van der Waals surface area contributed by atoms with E-state index in [-0.39, 0.29) is 12.0 Å². The molecular formula is C22H25N3O3S. The van der Waals surface area contributed by atoms with E-state index in [4.69, 9.17) is 4.74 Å². The summed E-state index contributed by atoms with van der Waals surface area (Å²) in [7, 11) is 0. The number of pyridine rings is 1. The summed E-state index contributed by atoms with van der Waals surface area (Å²) in [6.07, 6.45) is 2.78. The molecule has 0 N–H and O–H groups in total. The summed E-state index contributed by atoms with van der Waals surface area (Å²) in [4.78, 5) is 33.4. The van der Waals surface area contributed by atoms with Gasteiger partial charge in [-0.3, -0.25) is 9.69 Å². The molecule has 7 heteroatoms. The number of hydrogen-bond donors (Lipinski definition) is 0. The van der Waals surface area contributed by atoms with Gasteiger partial charge in [-0.05, 0) is 23.4 Å². The van der Waals surface area contributed by atoms with Gasteiger partial charge in [0.2, 0.25) is 0 Å². The highest BCUT2D eigenvalue weighted by molar-refractivity contribution is 7.99. The molecule has 0 saturated carbocycles. The molecule has 0 bridgehead atoms. The van der Waals surface area contributed by atoms with Crippen molar-refractivity contribution < 1.29 is 14.3 Å². The lowest BCUT2D eigenvalue weighted by Gasteiger charge is -2.37. The molecule has 2 amide bonds. The minimum Gasteiger partial charge on any atom is -0.441 e. The van der Waals surface area contributed by atoms with Crippen molar-refractivity contribution in [3.05, 3.63) is 59.8 Å². The van der Waals surface area contributed by atoms with Gasteiger partial charge in [0, 0.05) is 38.7 Å². The van der Waals surface area contributed by atoms with E-state index >= 15 is 0 Å². The number of amides is 2. The first-order chi connectivity index (χ1) is 14.1. The van der Waals surface area contributed by atoms with Gasteiger partial charge in [-0.1, -0.05) is 37.3 Å². The molecule has 152 valence electrons. The number of thioether (sulfide) groups is 1. The van der Waals surface area contributed by atoms with Crippen LogP contribution in [-0.2, 0) is 11.3 Å². The van der Waals surface area contributed by atoms with Crippen LogP contribution in [0.15, 0.2) is 53.7 Å². The number of aromatic nitrogens is 1. The molecule has 0 atom stereocenters. The maximum absolute atomic E-state index is 13.0. The largest absolute Gasteiger partial charge is 0.441 e. The maximum Gasteiger partial charge on any atom is 0.410 e. The van der Waals surface area contributed by atoms with Gasteiger partial charge in [0.05, 0.1) is 12.1 Å². The molecule has 0 radical (unpaired) electrons. The zero-order chi connectivity index (χ0) is 20.3. The minimum absolute atomic E-state index is 0.00867. The number of hydrogen-bond acceptors (Lipinski definition) is 5. The number of ether oxygens (including phenoxy) is 1. The summed E-state index contributed by atoms with van der Waals surface area (Å²) in [6, 6.07) is 13.6. The Bertz CT molecular complexity index is 882. The smallest absolute Gasteiger partial charge is 0.410 e. The van der Waals surface area contributed by atoms with E-state index in [1.54, 1.807) is 28.9 Å². The Balaban J connectivity index is 1.39. The summed E-state index contributed by atoms with van der Waals surface area (Å²) in [5.41, 5.74) is 1.26. The first-order valence-corrected chi connectivity index (χ1v) is 11.0. The monoisotopic (exact) mass is 411 g/mol. The number of carbonyl (C=O) groups is 2. The summed E-state index contributed by atoms with van der Waals surface area (Å²) >= 11 is 1.58. The van der Waals surface area contributed by atoms with Crippen LogP contribution in [0.2, 0.25) is 0 Å². The number of piperidine rings is 1.